The van der Waals surface area contributed by atoms with Gasteiger partial charge >= 0.3 is 11.4 Å². The molecular formula is C9H21NO3S. The Balaban J connectivity index is 3.14. The third kappa shape index (κ3) is 10.1. The van der Waals surface area contributed by atoms with Crippen LogP contribution in [0.5, 0.6) is 0 Å². The zero-order valence-electron chi connectivity index (χ0n) is 8.99. The molecule has 4 nitrogen and oxygen atoms in total. The zero-order chi connectivity index (χ0) is 10.8. The molecule has 2 N–H and O–H groups in total. The van der Waals surface area contributed by atoms with Gasteiger partial charge in [0.15, 0.2) is 0 Å². The van der Waals surface area contributed by atoms with Crippen LogP contribution in [0.2, 0.25) is 0 Å². The van der Waals surface area contributed by atoms with Crippen molar-refractivity contribution in [3.8, 4) is 0 Å². The molecule has 2 unspecified atom stereocenters. The van der Waals surface area contributed by atoms with Crippen LogP contribution in [0.3, 0.4) is 0 Å². The van der Waals surface area contributed by atoms with Gasteiger partial charge < -0.3 is 5.32 Å². The lowest BCUT2D eigenvalue weighted by Gasteiger charge is -2.10. The Labute approximate surface area is 88.9 Å². The number of hydrogen-bond donors (Lipinski definition) is 2. The van der Waals surface area contributed by atoms with Crippen molar-refractivity contribution in [1.29, 1.82) is 0 Å². The molecule has 0 aromatic rings. The van der Waals surface area contributed by atoms with Gasteiger partial charge in [-0.2, -0.15) is 4.21 Å². The van der Waals surface area contributed by atoms with Crippen LogP contribution in [-0.2, 0) is 15.5 Å². The molecule has 2 atom stereocenters. The molecule has 14 heavy (non-hydrogen) atoms. The molecule has 0 aliphatic rings. The Hall–Kier alpha value is 0.0300. The third-order valence-electron chi connectivity index (χ3n) is 1.89. The summed E-state index contributed by atoms with van der Waals surface area (Å²) in [6.45, 7) is 5.53. The van der Waals surface area contributed by atoms with Crippen molar-refractivity contribution in [3.63, 3.8) is 0 Å². The average Bonchev–Trinajstić information content (AvgIpc) is 2.10. The molecule has 0 spiro atoms. The van der Waals surface area contributed by atoms with Crippen molar-refractivity contribution in [2.45, 2.75) is 45.6 Å². The quantitative estimate of drug-likeness (QED) is 0.461. The van der Waals surface area contributed by atoms with E-state index in [0.717, 1.165) is 13.0 Å². The van der Waals surface area contributed by atoms with E-state index in [1.165, 1.54) is 19.3 Å². The zero-order valence-corrected chi connectivity index (χ0v) is 9.81. The molecule has 0 saturated heterocycles. The van der Waals surface area contributed by atoms with Gasteiger partial charge in [-0.05, 0) is 19.9 Å². The van der Waals surface area contributed by atoms with E-state index in [2.05, 4.69) is 16.4 Å². The van der Waals surface area contributed by atoms with Crippen LogP contribution in [-0.4, -0.2) is 28.0 Å². The second kappa shape index (κ2) is 9.58. The van der Waals surface area contributed by atoms with Gasteiger partial charge in [0.25, 0.3) is 0 Å². The maximum Gasteiger partial charge on any atom is 0.302 e. The van der Waals surface area contributed by atoms with Crippen molar-refractivity contribution in [1.82, 2.24) is 5.32 Å². The minimum Gasteiger partial charge on any atom is -0.314 e. The van der Waals surface area contributed by atoms with E-state index in [4.69, 9.17) is 4.55 Å². The summed E-state index contributed by atoms with van der Waals surface area (Å²) in [6, 6.07) is 0. The van der Waals surface area contributed by atoms with Crippen molar-refractivity contribution in [2.24, 2.45) is 0 Å². The minimum absolute atomic E-state index is 0.216. The number of hydrogen-bond acceptors (Lipinski definition) is 3. The fourth-order valence-corrected chi connectivity index (χ4v) is 1.51. The first kappa shape index (κ1) is 14.0. The van der Waals surface area contributed by atoms with Crippen LogP contribution < -0.4 is 5.32 Å². The van der Waals surface area contributed by atoms with Gasteiger partial charge in [-0.15, -0.1) is 0 Å². The lowest BCUT2D eigenvalue weighted by atomic mass is 10.2. The first-order chi connectivity index (χ1) is 6.66. The molecule has 0 fully saturated rings. The van der Waals surface area contributed by atoms with Gasteiger partial charge in [0.2, 0.25) is 0 Å². The van der Waals surface area contributed by atoms with Gasteiger partial charge in [-0.25, -0.2) is 0 Å². The summed E-state index contributed by atoms with van der Waals surface area (Å²) in [5, 5.41) is 3.18. The van der Waals surface area contributed by atoms with Crippen molar-refractivity contribution in [3.05, 3.63) is 0 Å². The summed E-state index contributed by atoms with van der Waals surface area (Å²) in [7, 11) is 0. The molecule has 0 heterocycles. The second-order valence-electron chi connectivity index (χ2n) is 3.39. The smallest absolute Gasteiger partial charge is 0.302 e. The fraction of sp³-hybridized carbons (Fsp3) is 1.00. The monoisotopic (exact) mass is 223 g/mol. The van der Waals surface area contributed by atoms with Crippen LogP contribution in [0.4, 0.5) is 0 Å². The summed E-state index contributed by atoms with van der Waals surface area (Å²) < 4.78 is 23.3. The molecule has 0 aromatic carbocycles. The highest BCUT2D eigenvalue weighted by molar-refractivity contribution is 7.74. The van der Waals surface area contributed by atoms with E-state index in [-0.39, 0.29) is 6.10 Å². The minimum atomic E-state index is -2.15. The molecule has 0 aliphatic heterocycles. The van der Waals surface area contributed by atoms with Crippen LogP contribution in [0.25, 0.3) is 0 Å². The molecule has 86 valence electrons. The Morgan fingerprint density at radius 1 is 1.43 bits per heavy atom. The molecule has 0 bridgehead atoms. The maximum absolute atomic E-state index is 10.2. The van der Waals surface area contributed by atoms with Crippen molar-refractivity contribution >= 4 is 11.4 Å². The topological polar surface area (TPSA) is 58.6 Å². The average molecular weight is 223 g/mol. The lowest BCUT2D eigenvalue weighted by Crippen LogP contribution is -2.28. The van der Waals surface area contributed by atoms with E-state index in [0.29, 0.717) is 6.54 Å². The highest BCUT2D eigenvalue weighted by Crippen LogP contribution is 1.97. The van der Waals surface area contributed by atoms with Gasteiger partial charge in [0.05, 0.1) is 6.10 Å². The molecular weight excluding hydrogens is 202 g/mol. The van der Waals surface area contributed by atoms with E-state index in [1.807, 2.05) is 0 Å². The largest absolute Gasteiger partial charge is 0.314 e. The molecule has 5 heteroatoms. The van der Waals surface area contributed by atoms with E-state index in [1.54, 1.807) is 6.92 Å². The predicted molar refractivity (Wildman–Crippen MR) is 58.3 cm³/mol. The molecule has 0 saturated carbocycles. The van der Waals surface area contributed by atoms with Crippen LogP contribution >= 0.6 is 0 Å². The van der Waals surface area contributed by atoms with E-state index < -0.39 is 11.4 Å². The van der Waals surface area contributed by atoms with Crippen LogP contribution in [0, 0.1) is 0 Å². The molecule has 0 aromatic heterocycles. The molecule has 0 aliphatic carbocycles. The summed E-state index contributed by atoms with van der Waals surface area (Å²) in [4.78, 5) is 0. The van der Waals surface area contributed by atoms with Crippen LogP contribution in [0.1, 0.15) is 39.5 Å². The summed E-state index contributed by atoms with van der Waals surface area (Å²) in [5.41, 5.74) is 0. The second-order valence-corrected chi connectivity index (χ2v) is 4.02. The number of rotatable bonds is 9. The first-order valence-electron chi connectivity index (χ1n) is 5.15. The Bertz CT molecular complexity index is 155. The number of nitrogens with one attached hydrogen (secondary N) is 1. The van der Waals surface area contributed by atoms with Crippen molar-refractivity contribution in [2.75, 3.05) is 13.1 Å². The van der Waals surface area contributed by atoms with Gasteiger partial charge in [0.1, 0.15) is 0 Å². The highest BCUT2D eigenvalue weighted by atomic mass is 32.2. The third-order valence-corrected chi connectivity index (χ3v) is 2.38. The normalized spacial score (nSPS) is 15.4. The number of unbranched alkanes of at least 4 members (excludes halogenated alkanes) is 3. The fourth-order valence-electron chi connectivity index (χ4n) is 1.16. The molecule has 0 rings (SSSR count). The van der Waals surface area contributed by atoms with Crippen molar-refractivity contribution < 1.29 is 12.9 Å². The summed E-state index contributed by atoms with van der Waals surface area (Å²) in [5.74, 6) is 0. The Morgan fingerprint density at radius 2 is 2.14 bits per heavy atom. The SMILES string of the molecule is CCCCCCNCC(C)OS(=O)O. The molecule has 0 radical (unpaired) electrons. The Morgan fingerprint density at radius 3 is 2.71 bits per heavy atom. The van der Waals surface area contributed by atoms with Gasteiger partial charge in [-0.1, -0.05) is 26.2 Å². The summed E-state index contributed by atoms with van der Waals surface area (Å²) >= 11 is -2.15. The lowest BCUT2D eigenvalue weighted by molar-refractivity contribution is 0.218. The van der Waals surface area contributed by atoms with E-state index >= 15 is 0 Å². The van der Waals surface area contributed by atoms with E-state index in [9.17, 15) is 4.21 Å². The predicted octanol–water partition coefficient (Wildman–Crippen LogP) is 1.70. The van der Waals surface area contributed by atoms with Gasteiger partial charge in [-0.3, -0.25) is 8.74 Å². The van der Waals surface area contributed by atoms with Gasteiger partial charge in [0, 0.05) is 6.54 Å². The standard InChI is InChI=1S/C9H21NO3S/c1-3-4-5-6-7-10-8-9(2)13-14(11)12/h9-10H,3-8H2,1-2H3,(H,11,12). The maximum atomic E-state index is 10.2. The Kier molecular flexibility index (Phi) is 9.60. The first-order valence-corrected chi connectivity index (χ1v) is 6.18. The van der Waals surface area contributed by atoms with Crippen LogP contribution in [0.15, 0.2) is 0 Å². The molecule has 0 amide bonds. The summed E-state index contributed by atoms with van der Waals surface area (Å²) in [6.07, 6.45) is 4.69. The highest BCUT2D eigenvalue weighted by Gasteiger charge is 2.04.